The summed E-state index contributed by atoms with van der Waals surface area (Å²) in [5.74, 6) is 3.30. The molecule has 8 nitrogen and oxygen atoms in total. The number of H-pyrrole nitrogens is 1. The molecule has 1 aromatic carbocycles. The maximum Gasteiger partial charge on any atom is 0.409 e. The summed E-state index contributed by atoms with van der Waals surface area (Å²) in [7, 11) is 0. The molecule has 2 aliphatic heterocycles. The van der Waals surface area contributed by atoms with Gasteiger partial charge in [-0.2, -0.15) is 0 Å². The van der Waals surface area contributed by atoms with Gasteiger partial charge in [-0.15, -0.1) is 5.10 Å². The molecule has 174 valence electrons. The van der Waals surface area contributed by atoms with E-state index in [0.717, 1.165) is 23.3 Å². The number of benzene rings is 1. The highest BCUT2D eigenvalue weighted by Gasteiger charge is 2.52. The lowest BCUT2D eigenvalue weighted by atomic mass is 9.50. The lowest BCUT2D eigenvalue weighted by molar-refractivity contribution is -0.0847. The average Bonchev–Trinajstić information content (AvgIpc) is 3.50. The third kappa shape index (κ3) is 3.32. The molecule has 6 fully saturated rings. The molecule has 6 aliphatic rings. The summed E-state index contributed by atoms with van der Waals surface area (Å²) in [6, 6.07) is 5.47. The number of likely N-dealkylation sites (tertiary alicyclic amines) is 2. The quantitative estimate of drug-likeness (QED) is 0.776. The SMILES string of the molecule is O=C(OCC12CC3CC(CC(C3)C1)C2)N1C[C@@H]2CN(C(=O)c3ccc4[nH]nnc4c3)C[C@@H]2C1. The van der Waals surface area contributed by atoms with Crippen LogP contribution in [0, 0.1) is 35.0 Å². The Balaban J connectivity index is 0.948. The molecule has 8 heteroatoms. The van der Waals surface area contributed by atoms with Crippen molar-refractivity contribution >= 4 is 23.0 Å². The number of rotatable bonds is 3. The summed E-state index contributed by atoms with van der Waals surface area (Å²) in [6.45, 7) is 3.38. The van der Waals surface area contributed by atoms with Gasteiger partial charge in [-0.1, -0.05) is 5.21 Å². The van der Waals surface area contributed by atoms with Crippen molar-refractivity contribution in [2.24, 2.45) is 35.0 Å². The molecule has 33 heavy (non-hydrogen) atoms. The molecule has 0 spiro atoms. The third-order valence-electron chi connectivity index (χ3n) is 9.27. The van der Waals surface area contributed by atoms with Gasteiger partial charge < -0.3 is 14.5 Å². The van der Waals surface area contributed by atoms with Gasteiger partial charge in [0.1, 0.15) is 5.52 Å². The minimum Gasteiger partial charge on any atom is -0.449 e. The number of nitrogens with one attached hydrogen (secondary N) is 1. The predicted octanol–water partition coefficient (Wildman–Crippen LogP) is 3.31. The number of carbonyl (C=O) groups is 2. The molecule has 3 heterocycles. The van der Waals surface area contributed by atoms with Gasteiger partial charge in [-0.25, -0.2) is 4.79 Å². The van der Waals surface area contributed by atoms with Crippen LogP contribution in [0.2, 0.25) is 0 Å². The first-order valence-electron chi connectivity index (χ1n) is 12.6. The zero-order valence-corrected chi connectivity index (χ0v) is 18.9. The van der Waals surface area contributed by atoms with E-state index in [0.29, 0.717) is 55.7 Å². The van der Waals surface area contributed by atoms with Crippen LogP contribution in [-0.4, -0.2) is 70.0 Å². The first-order chi connectivity index (χ1) is 16.0. The molecule has 4 saturated carbocycles. The standard InChI is InChI=1S/C25H31N5O3/c31-23(18-1-2-21-22(6-18)27-28-26-21)29-10-19-12-30(13-20(19)11-29)24(32)33-14-25-7-15-3-16(8-25)5-17(4-15)9-25/h1-2,6,15-17,19-20H,3-5,7-14H2,(H,26,27,28)/t15?,16?,17?,19-,20+,25?. The van der Waals surface area contributed by atoms with Gasteiger partial charge in [0.15, 0.2) is 0 Å². The number of aromatic nitrogens is 3. The van der Waals surface area contributed by atoms with Gasteiger partial charge >= 0.3 is 6.09 Å². The van der Waals surface area contributed by atoms with Crippen LogP contribution < -0.4 is 0 Å². The zero-order chi connectivity index (χ0) is 22.2. The van der Waals surface area contributed by atoms with Gasteiger partial charge in [0.05, 0.1) is 12.1 Å². The van der Waals surface area contributed by atoms with E-state index in [1.165, 1.54) is 38.5 Å². The van der Waals surface area contributed by atoms with Crippen LogP contribution in [-0.2, 0) is 4.74 Å². The largest absolute Gasteiger partial charge is 0.449 e. The zero-order valence-electron chi connectivity index (χ0n) is 18.9. The minimum absolute atomic E-state index is 0.0326. The first kappa shape index (κ1) is 19.8. The van der Waals surface area contributed by atoms with Crippen LogP contribution in [0.15, 0.2) is 18.2 Å². The second kappa shape index (κ2) is 7.18. The van der Waals surface area contributed by atoms with E-state index >= 15 is 0 Å². The summed E-state index contributed by atoms with van der Waals surface area (Å²) in [5, 5.41) is 10.6. The van der Waals surface area contributed by atoms with Crippen LogP contribution in [0.1, 0.15) is 48.9 Å². The highest BCUT2D eigenvalue weighted by Crippen LogP contribution is 2.60. The molecule has 2 saturated heterocycles. The molecule has 4 aliphatic carbocycles. The van der Waals surface area contributed by atoms with Crippen molar-refractivity contribution in [3.05, 3.63) is 23.8 Å². The van der Waals surface area contributed by atoms with Crippen LogP contribution in [0.5, 0.6) is 0 Å². The molecular formula is C25H31N5O3. The number of carbonyl (C=O) groups excluding carboxylic acids is 2. The lowest BCUT2D eigenvalue weighted by Gasteiger charge is -2.56. The minimum atomic E-state index is -0.144. The van der Waals surface area contributed by atoms with Crippen molar-refractivity contribution < 1.29 is 14.3 Å². The molecule has 0 radical (unpaired) electrons. The molecule has 1 N–H and O–H groups in total. The molecule has 4 bridgehead atoms. The Bertz CT molecular complexity index is 1060. The fourth-order valence-electron chi connectivity index (χ4n) is 8.24. The highest BCUT2D eigenvalue weighted by molar-refractivity contribution is 5.97. The Morgan fingerprint density at radius 3 is 2.27 bits per heavy atom. The van der Waals surface area contributed by atoms with E-state index in [1.54, 1.807) is 6.07 Å². The van der Waals surface area contributed by atoms with Crippen molar-refractivity contribution in [2.75, 3.05) is 32.8 Å². The van der Waals surface area contributed by atoms with E-state index in [4.69, 9.17) is 4.74 Å². The molecule has 1 aromatic heterocycles. The maximum atomic E-state index is 13.0. The molecule has 2 aromatic rings. The van der Waals surface area contributed by atoms with Gasteiger partial charge in [0.2, 0.25) is 0 Å². The smallest absolute Gasteiger partial charge is 0.409 e. The van der Waals surface area contributed by atoms with Crippen LogP contribution >= 0.6 is 0 Å². The van der Waals surface area contributed by atoms with Gasteiger partial charge in [-0.3, -0.25) is 9.89 Å². The number of aromatic amines is 1. The average molecular weight is 450 g/mol. The summed E-state index contributed by atoms with van der Waals surface area (Å²) < 4.78 is 5.94. The molecule has 2 atom stereocenters. The van der Waals surface area contributed by atoms with E-state index in [-0.39, 0.29) is 17.4 Å². The first-order valence-corrected chi connectivity index (χ1v) is 12.6. The molecule has 0 unspecified atom stereocenters. The Hall–Kier alpha value is -2.64. The van der Waals surface area contributed by atoms with Gasteiger partial charge in [0, 0.05) is 49.0 Å². The number of ether oxygens (including phenoxy) is 1. The summed E-state index contributed by atoms with van der Waals surface area (Å²) >= 11 is 0. The number of fused-ring (bicyclic) bond motifs is 2. The lowest BCUT2D eigenvalue weighted by Crippen LogP contribution is -2.49. The van der Waals surface area contributed by atoms with Crippen molar-refractivity contribution in [2.45, 2.75) is 38.5 Å². The van der Waals surface area contributed by atoms with E-state index in [2.05, 4.69) is 15.4 Å². The number of amides is 2. The number of nitrogens with zero attached hydrogens (tertiary/aromatic N) is 4. The number of hydrogen-bond donors (Lipinski definition) is 1. The maximum absolute atomic E-state index is 13.0. The van der Waals surface area contributed by atoms with E-state index in [1.807, 2.05) is 21.9 Å². The van der Waals surface area contributed by atoms with Crippen molar-refractivity contribution in [3.63, 3.8) is 0 Å². The van der Waals surface area contributed by atoms with Gasteiger partial charge in [0.25, 0.3) is 5.91 Å². The Kier molecular flexibility index (Phi) is 4.31. The predicted molar refractivity (Wildman–Crippen MR) is 120 cm³/mol. The second-order valence-corrected chi connectivity index (χ2v) is 11.7. The topological polar surface area (TPSA) is 91.4 Å². The summed E-state index contributed by atoms with van der Waals surface area (Å²) in [6.07, 6.45) is 7.85. The summed E-state index contributed by atoms with van der Waals surface area (Å²) in [5.41, 5.74) is 2.43. The normalized spacial score (nSPS) is 36.5. The van der Waals surface area contributed by atoms with Gasteiger partial charge in [-0.05, 0) is 74.5 Å². The second-order valence-electron chi connectivity index (χ2n) is 11.7. The Labute approximate surface area is 193 Å². The monoisotopic (exact) mass is 449 g/mol. The third-order valence-corrected chi connectivity index (χ3v) is 9.27. The van der Waals surface area contributed by atoms with Crippen LogP contribution in [0.4, 0.5) is 4.79 Å². The molecular weight excluding hydrogens is 418 g/mol. The van der Waals surface area contributed by atoms with Crippen molar-refractivity contribution in [1.82, 2.24) is 25.2 Å². The van der Waals surface area contributed by atoms with E-state index < -0.39 is 0 Å². The number of hydrogen-bond acceptors (Lipinski definition) is 5. The summed E-state index contributed by atoms with van der Waals surface area (Å²) in [4.78, 5) is 29.8. The van der Waals surface area contributed by atoms with Crippen molar-refractivity contribution in [3.8, 4) is 0 Å². The Morgan fingerprint density at radius 1 is 0.970 bits per heavy atom. The van der Waals surface area contributed by atoms with Crippen LogP contribution in [0.25, 0.3) is 11.0 Å². The van der Waals surface area contributed by atoms with E-state index in [9.17, 15) is 9.59 Å². The fraction of sp³-hybridized carbons (Fsp3) is 0.680. The molecule has 8 rings (SSSR count). The fourth-order valence-corrected chi connectivity index (χ4v) is 8.24. The highest BCUT2D eigenvalue weighted by atomic mass is 16.6. The molecule has 2 amide bonds. The van der Waals surface area contributed by atoms with Crippen LogP contribution in [0.3, 0.4) is 0 Å². The van der Waals surface area contributed by atoms with Crippen molar-refractivity contribution in [1.29, 1.82) is 0 Å². The Morgan fingerprint density at radius 2 is 1.61 bits per heavy atom.